The van der Waals surface area contributed by atoms with Crippen molar-refractivity contribution in [3.8, 4) is 33.4 Å². The van der Waals surface area contributed by atoms with Crippen molar-refractivity contribution in [1.82, 2.24) is 0 Å². The fourth-order valence-corrected chi connectivity index (χ4v) is 11.8. The molecule has 0 radical (unpaired) electrons. The summed E-state index contributed by atoms with van der Waals surface area (Å²) < 4.78 is 9.63. The minimum absolute atomic E-state index is 0.515. The monoisotopic (exact) mass is 833 g/mol. The van der Waals surface area contributed by atoms with Gasteiger partial charge in [-0.3, -0.25) is 0 Å². The zero-order chi connectivity index (χ0) is 42.2. The summed E-state index contributed by atoms with van der Waals surface area (Å²) in [7, 11) is 0. The van der Waals surface area contributed by atoms with Crippen LogP contribution in [0.1, 0.15) is 22.3 Å². The topological polar surface area (TPSA) is 16.4 Å². The number of rotatable bonds is 7. The van der Waals surface area contributed by atoms with E-state index in [1.54, 1.807) is 0 Å². The van der Waals surface area contributed by atoms with Gasteiger partial charge in [0.25, 0.3) is 0 Å². The van der Waals surface area contributed by atoms with E-state index in [4.69, 9.17) is 4.42 Å². The Morgan fingerprint density at radius 3 is 1.69 bits per heavy atom. The average Bonchev–Trinajstić information content (AvgIpc) is 4.03. The first-order valence-electron chi connectivity index (χ1n) is 21.9. The van der Waals surface area contributed by atoms with E-state index >= 15 is 0 Å². The number of anilines is 3. The van der Waals surface area contributed by atoms with E-state index in [9.17, 15) is 0 Å². The minimum atomic E-state index is -0.515. The highest BCUT2D eigenvalue weighted by Crippen LogP contribution is 2.58. The summed E-state index contributed by atoms with van der Waals surface area (Å²) in [6.07, 6.45) is 0. The van der Waals surface area contributed by atoms with Crippen molar-refractivity contribution in [2.45, 2.75) is 5.41 Å². The predicted octanol–water partition coefficient (Wildman–Crippen LogP) is 17.1. The summed E-state index contributed by atoms with van der Waals surface area (Å²) in [5, 5.41) is 4.79. The van der Waals surface area contributed by atoms with E-state index in [-0.39, 0.29) is 0 Å². The number of nitrogens with zero attached hydrogens (tertiary/aromatic N) is 1. The number of thiophene rings is 1. The molecule has 12 aromatic rings. The first-order chi connectivity index (χ1) is 31.7. The second-order valence-electron chi connectivity index (χ2n) is 16.7. The summed E-state index contributed by atoms with van der Waals surface area (Å²) in [5.41, 5.74) is 16.7. The van der Waals surface area contributed by atoms with Crippen molar-refractivity contribution in [3.05, 3.63) is 259 Å². The maximum atomic E-state index is 7.00. The molecule has 0 bridgehead atoms. The molecule has 0 aliphatic heterocycles. The van der Waals surface area contributed by atoms with Crippen LogP contribution in [-0.2, 0) is 5.41 Å². The Bertz CT molecular complexity index is 3660. The molecule has 0 atom stereocenters. The number of fused-ring (bicyclic) bond motifs is 9. The molecular formula is C61H39NOS. The summed E-state index contributed by atoms with van der Waals surface area (Å²) in [6, 6.07) is 86.2. The first kappa shape index (κ1) is 36.7. The Balaban J connectivity index is 1.02. The second-order valence-corrected chi connectivity index (χ2v) is 17.8. The predicted molar refractivity (Wildman–Crippen MR) is 269 cm³/mol. The number of hydrogen-bond donors (Lipinski definition) is 0. The van der Waals surface area contributed by atoms with E-state index in [0.29, 0.717) is 0 Å². The molecule has 300 valence electrons. The number of furan rings is 1. The van der Waals surface area contributed by atoms with Gasteiger partial charge in [0.2, 0.25) is 0 Å². The third-order valence-corrected chi connectivity index (χ3v) is 14.6. The van der Waals surface area contributed by atoms with E-state index in [2.05, 4.69) is 241 Å². The van der Waals surface area contributed by atoms with E-state index < -0.39 is 5.41 Å². The molecular weight excluding hydrogens is 795 g/mol. The quantitative estimate of drug-likeness (QED) is 0.159. The molecule has 0 saturated heterocycles. The molecule has 0 unspecified atom stereocenters. The fraction of sp³-hybridized carbons (Fsp3) is 0.0164. The lowest BCUT2D eigenvalue weighted by molar-refractivity contribution is 0.666. The van der Waals surface area contributed by atoms with Crippen LogP contribution in [0.25, 0.3) is 75.5 Å². The maximum Gasteiger partial charge on any atom is 0.137 e. The van der Waals surface area contributed by atoms with Gasteiger partial charge in [-0.15, -0.1) is 11.3 Å². The standard InChI is InChI=1S/C61H39NOS/c1-4-16-40(17-5-1)41-30-34-45(35-31-41)62(46-36-32-42(33-37-46)47-24-14-25-50-49-23-11-13-29-58(49)64-60(47)50)55-27-15-28-56-59(55)52-38-51-48-22-10-12-26-53(48)61(43-18-6-2-7-19-43,44-20-8-3-9-21-44)54(51)39-57(52)63-56/h1-39H. The maximum absolute atomic E-state index is 7.00. The molecule has 64 heavy (non-hydrogen) atoms. The van der Waals surface area contributed by atoms with Crippen molar-refractivity contribution in [1.29, 1.82) is 0 Å². The lowest BCUT2D eigenvalue weighted by Crippen LogP contribution is -2.28. The van der Waals surface area contributed by atoms with Gasteiger partial charge >= 0.3 is 0 Å². The SMILES string of the molecule is c1ccc(-c2ccc(N(c3ccc(-c4cccc5c4sc4ccccc45)cc3)c3cccc4oc5cc6c(cc5c34)-c3ccccc3C6(c3ccccc3)c3ccccc3)cc2)cc1. The van der Waals surface area contributed by atoms with E-state index in [1.807, 2.05) is 11.3 Å². The molecule has 13 rings (SSSR count). The molecule has 0 fully saturated rings. The molecule has 0 saturated carbocycles. The van der Waals surface area contributed by atoms with Gasteiger partial charge in [0, 0.05) is 36.9 Å². The van der Waals surface area contributed by atoms with Crippen molar-refractivity contribution in [2.75, 3.05) is 4.90 Å². The van der Waals surface area contributed by atoms with Crippen LogP contribution in [0.2, 0.25) is 0 Å². The summed E-state index contributed by atoms with van der Waals surface area (Å²) in [4.78, 5) is 2.40. The van der Waals surface area contributed by atoms with E-state index in [1.165, 1.54) is 75.8 Å². The highest BCUT2D eigenvalue weighted by atomic mass is 32.1. The summed E-state index contributed by atoms with van der Waals surface area (Å²) in [5.74, 6) is 0. The largest absolute Gasteiger partial charge is 0.456 e. The molecule has 0 amide bonds. The van der Waals surface area contributed by atoms with Gasteiger partial charge in [-0.2, -0.15) is 0 Å². The van der Waals surface area contributed by atoms with Crippen molar-refractivity contribution in [3.63, 3.8) is 0 Å². The fourth-order valence-electron chi connectivity index (χ4n) is 10.6. The van der Waals surface area contributed by atoms with Crippen LogP contribution in [0.3, 0.4) is 0 Å². The van der Waals surface area contributed by atoms with Crippen LogP contribution in [0, 0.1) is 0 Å². The van der Waals surface area contributed by atoms with Crippen LogP contribution in [0.4, 0.5) is 17.1 Å². The molecule has 3 heteroatoms. The van der Waals surface area contributed by atoms with Crippen LogP contribution in [0.15, 0.2) is 241 Å². The van der Waals surface area contributed by atoms with Crippen LogP contribution >= 0.6 is 11.3 Å². The highest BCUT2D eigenvalue weighted by molar-refractivity contribution is 7.26. The minimum Gasteiger partial charge on any atom is -0.456 e. The Hall–Kier alpha value is -7.98. The Kier molecular flexibility index (Phi) is 8.34. The Labute approximate surface area is 375 Å². The normalized spacial score (nSPS) is 12.8. The van der Waals surface area contributed by atoms with Gasteiger partial charge in [0.15, 0.2) is 0 Å². The molecule has 2 heterocycles. The van der Waals surface area contributed by atoms with Gasteiger partial charge in [0.05, 0.1) is 16.5 Å². The summed E-state index contributed by atoms with van der Waals surface area (Å²) in [6.45, 7) is 0. The zero-order valence-electron chi connectivity index (χ0n) is 34.8. The summed E-state index contributed by atoms with van der Waals surface area (Å²) >= 11 is 1.87. The van der Waals surface area contributed by atoms with Crippen molar-refractivity contribution in [2.24, 2.45) is 0 Å². The smallest absolute Gasteiger partial charge is 0.137 e. The second kappa shape index (κ2) is 14.6. The highest BCUT2D eigenvalue weighted by Gasteiger charge is 2.46. The third-order valence-electron chi connectivity index (χ3n) is 13.4. The average molecular weight is 834 g/mol. The van der Waals surface area contributed by atoms with Crippen molar-refractivity contribution < 1.29 is 4.42 Å². The van der Waals surface area contributed by atoms with Crippen LogP contribution in [-0.4, -0.2) is 0 Å². The van der Waals surface area contributed by atoms with Crippen molar-refractivity contribution >= 4 is 70.5 Å². The van der Waals surface area contributed by atoms with Crippen LogP contribution in [0.5, 0.6) is 0 Å². The molecule has 1 aliphatic carbocycles. The lowest BCUT2D eigenvalue weighted by atomic mass is 9.67. The third kappa shape index (κ3) is 5.51. The molecule has 2 aromatic heterocycles. The van der Waals surface area contributed by atoms with Gasteiger partial charge in [-0.1, -0.05) is 182 Å². The molecule has 0 N–H and O–H groups in total. The number of benzene rings is 10. The van der Waals surface area contributed by atoms with Gasteiger partial charge < -0.3 is 9.32 Å². The van der Waals surface area contributed by atoms with E-state index in [0.717, 1.165) is 39.0 Å². The molecule has 2 nitrogen and oxygen atoms in total. The molecule has 10 aromatic carbocycles. The molecule has 0 spiro atoms. The molecule has 1 aliphatic rings. The lowest BCUT2D eigenvalue weighted by Gasteiger charge is -2.33. The number of hydrogen-bond acceptors (Lipinski definition) is 3. The van der Waals surface area contributed by atoms with Crippen LogP contribution < -0.4 is 4.90 Å². The van der Waals surface area contributed by atoms with Gasteiger partial charge in [0.1, 0.15) is 11.2 Å². The first-order valence-corrected chi connectivity index (χ1v) is 22.7. The Morgan fingerprint density at radius 2 is 0.953 bits per heavy atom. The zero-order valence-corrected chi connectivity index (χ0v) is 35.6. The van der Waals surface area contributed by atoms with Gasteiger partial charge in [-0.25, -0.2) is 0 Å². The Morgan fingerprint density at radius 1 is 0.375 bits per heavy atom. The van der Waals surface area contributed by atoms with Gasteiger partial charge in [-0.05, 0) is 110 Å².